The molecule has 0 bridgehead atoms. The average molecular weight is 498 g/mol. The third-order valence-electron chi connectivity index (χ3n) is 4.34. The highest BCUT2D eigenvalue weighted by Gasteiger charge is 2.10. The first-order chi connectivity index (χ1) is 12.8. The van der Waals surface area contributed by atoms with Crippen molar-refractivity contribution in [1.82, 2.24) is 15.5 Å². The van der Waals surface area contributed by atoms with Crippen LogP contribution in [0, 0.1) is 12.7 Å². The van der Waals surface area contributed by atoms with Gasteiger partial charge in [-0.05, 0) is 48.7 Å². The Morgan fingerprint density at radius 2 is 1.82 bits per heavy atom. The fraction of sp³-hybridized carbons (Fsp3) is 0.333. The number of hydrogen-bond donors (Lipinski definition) is 2. The lowest BCUT2D eigenvalue weighted by atomic mass is 10.1. The summed E-state index contributed by atoms with van der Waals surface area (Å²) in [6, 6.07) is 12.6. The van der Waals surface area contributed by atoms with E-state index in [1.165, 1.54) is 0 Å². The number of rotatable bonds is 5. The van der Waals surface area contributed by atoms with Gasteiger partial charge in [-0.25, -0.2) is 4.39 Å². The molecule has 0 spiro atoms. The number of carbonyl (C=O) groups is 1. The number of benzene rings is 2. The Morgan fingerprint density at radius 3 is 2.36 bits per heavy atom. The second kappa shape index (κ2) is 11.0. The molecule has 0 aliphatic carbocycles. The standard InChI is InChI=1S/C21H27FN4O.HI/c1-14-6-9-18(12-19(14)22)15(2)25-21(23-3)24-13-16-7-10-17(11-8-16)20(27)26(4)5;/h6-12,15H,13H2,1-5H3,(H2,23,24,25);1H. The summed E-state index contributed by atoms with van der Waals surface area (Å²) in [4.78, 5) is 17.7. The second-order valence-electron chi connectivity index (χ2n) is 6.70. The monoisotopic (exact) mass is 498 g/mol. The molecule has 0 saturated heterocycles. The summed E-state index contributed by atoms with van der Waals surface area (Å²) >= 11 is 0. The van der Waals surface area contributed by atoms with E-state index in [2.05, 4.69) is 15.6 Å². The largest absolute Gasteiger partial charge is 0.352 e. The van der Waals surface area contributed by atoms with Crippen LogP contribution in [0.2, 0.25) is 0 Å². The van der Waals surface area contributed by atoms with Crippen molar-refractivity contribution < 1.29 is 9.18 Å². The van der Waals surface area contributed by atoms with Crippen molar-refractivity contribution in [3.63, 3.8) is 0 Å². The van der Waals surface area contributed by atoms with Crippen LogP contribution in [0.1, 0.15) is 40.0 Å². The van der Waals surface area contributed by atoms with Gasteiger partial charge < -0.3 is 15.5 Å². The zero-order valence-electron chi connectivity index (χ0n) is 16.9. The summed E-state index contributed by atoms with van der Waals surface area (Å²) in [6.07, 6.45) is 0. The van der Waals surface area contributed by atoms with Gasteiger partial charge in [-0.15, -0.1) is 24.0 Å². The molecule has 2 N–H and O–H groups in total. The molecule has 2 rings (SSSR count). The van der Waals surface area contributed by atoms with Gasteiger partial charge in [-0.2, -0.15) is 0 Å². The summed E-state index contributed by atoms with van der Waals surface area (Å²) in [5, 5.41) is 6.49. The number of amides is 1. The van der Waals surface area contributed by atoms with Gasteiger partial charge in [0.1, 0.15) is 5.82 Å². The number of aliphatic imine (C=N–C) groups is 1. The van der Waals surface area contributed by atoms with Crippen LogP contribution in [0.15, 0.2) is 47.5 Å². The van der Waals surface area contributed by atoms with Gasteiger partial charge in [0.05, 0.1) is 6.04 Å². The van der Waals surface area contributed by atoms with Crippen LogP contribution in [0.3, 0.4) is 0 Å². The molecule has 2 aromatic rings. The van der Waals surface area contributed by atoms with Crippen LogP contribution in [-0.4, -0.2) is 37.9 Å². The SMILES string of the molecule is CN=C(NCc1ccc(C(=O)N(C)C)cc1)NC(C)c1ccc(C)c(F)c1.I. The first-order valence-electron chi connectivity index (χ1n) is 8.85. The lowest BCUT2D eigenvalue weighted by molar-refractivity contribution is 0.0827. The van der Waals surface area contributed by atoms with Crippen molar-refractivity contribution in [2.24, 2.45) is 4.99 Å². The Hall–Kier alpha value is -2.16. The van der Waals surface area contributed by atoms with Gasteiger partial charge in [0.2, 0.25) is 0 Å². The first-order valence-corrected chi connectivity index (χ1v) is 8.85. The number of aryl methyl sites for hydroxylation is 1. The smallest absolute Gasteiger partial charge is 0.253 e. The lowest BCUT2D eigenvalue weighted by Crippen LogP contribution is -2.38. The minimum absolute atomic E-state index is 0. The molecule has 28 heavy (non-hydrogen) atoms. The van der Waals surface area contributed by atoms with Gasteiger partial charge in [0.15, 0.2) is 5.96 Å². The Labute approximate surface area is 183 Å². The van der Waals surface area contributed by atoms with E-state index in [1.807, 2.05) is 37.3 Å². The van der Waals surface area contributed by atoms with Crippen LogP contribution in [0.4, 0.5) is 4.39 Å². The average Bonchev–Trinajstić information content (AvgIpc) is 2.66. The van der Waals surface area contributed by atoms with Crippen molar-refractivity contribution in [2.45, 2.75) is 26.4 Å². The highest BCUT2D eigenvalue weighted by atomic mass is 127. The van der Waals surface area contributed by atoms with Crippen molar-refractivity contribution >= 4 is 35.8 Å². The summed E-state index contributed by atoms with van der Waals surface area (Å²) in [6.45, 7) is 4.26. The zero-order valence-corrected chi connectivity index (χ0v) is 19.2. The molecule has 2 aromatic carbocycles. The normalized spacial score (nSPS) is 12.0. The molecular formula is C21H28FIN4O. The van der Waals surface area contributed by atoms with Crippen LogP contribution in [-0.2, 0) is 6.54 Å². The van der Waals surface area contributed by atoms with Gasteiger partial charge in [0, 0.05) is 33.3 Å². The molecule has 0 aliphatic rings. The molecule has 0 aromatic heterocycles. The molecule has 152 valence electrons. The van der Waals surface area contributed by atoms with E-state index in [9.17, 15) is 9.18 Å². The predicted molar refractivity (Wildman–Crippen MR) is 123 cm³/mol. The van der Waals surface area contributed by atoms with Crippen LogP contribution in [0.25, 0.3) is 0 Å². The van der Waals surface area contributed by atoms with Crippen LogP contribution < -0.4 is 10.6 Å². The molecule has 7 heteroatoms. The number of guanidine groups is 1. The molecule has 1 unspecified atom stereocenters. The van der Waals surface area contributed by atoms with E-state index in [0.29, 0.717) is 23.6 Å². The first kappa shape index (κ1) is 23.9. The fourth-order valence-corrected chi connectivity index (χ4v) is 2.57. The van der Waals surface area contributed by atoms with Crippen molar-refractivity contribution in [3.8, 4) is 0 Å². The molecule has 5 nitrogen and oxygen atoms in total. The number of nitrogens with one attached hydrogen (secondary N) is 2. The Morgan fingerprint density at radius 1 is 1.18 bits per heavy atom. The predicted octanol–water partition coefficient (Wildman–Crippen LogP) is 3.88. The molecule has 1 amide bonds. The maximum absolute atomic E-state index is 13.8. The van der Waals surface area contributed by atoms with E-state index in [4.69, 9.17) is 0 Å². The second-order valence-corrected chi connectivity index (χ2v) is 6.70. The number of nitrogens with zero attached hydrogens (tertiary/aromatic N) is 2. The number of hydrogen-bond acceptors (Lipinski definition) is 2. The van der Waals surface area contributed by atoms with Crippen molar-refractivity contribution in [1.29, 1.82) is 0 Å². The van der Waals surface area contributed by atoms with E-state index >= 15 is 0 Å². The third-order valence-corrected chi connectivity index (χ3v) is 4.34. The van der Waals surface area contributed by atoms with Gasteiger partial charge in [-0.3, -0.25) is 9.79 Å². The van der Waals surface area contributed by atoms with Crippen molar-refractivity contribution in [2.75, 3.05) is 21.1 Å². The molecule has 0 fully saturated rings. The van der Waals surface area contributed by atoms with Gasteiger partial charge in [-0.1, -0.05) is 24.3 Å². The zero-order chi connectivity index (χ0) is 20.0. The molecule has 0 aliphatic heterocycles. The Bertz CT molecular complexity index is 822. The minimum Gasteiger partial charge on any atom is -0.352 e. The fourth-order valence-electron chi connectivity index (χ4n) is 2.57. The molecule has 0 radical (unpaired) electrons. The molecule has 1 atom stereocenters. The quantitative estimate of drug-likeness (QED) is 0.374. The Balaban J connectivity index is 0.00000392. The third kappa shape index (κ3) is 6.47. The van der Waals surface area contributed by atoms with E-state index < -0.39 is 0 Å². The summed E-state index contributed by atoms with van der Waals surface area (Å²) in [5.74, 6) is 0.388. The topological polar surface area (TPSA) is 56.7 Å². The highest BCUT2D eigenvalue weighted by Crippen LogP contribution is 2.16. The number of halogens is 2. The van der Waals surface area contributed by atoms with Gasteiger partial charge in [0.25, 0.3) is 5.91 Å². The summed E-state index contributed by atoms with van der Waals surface area (Å²) < 4.78 is 13.8. The summed E-state index contributed by atoms with van der Waals surface area (Å²) in [5.41, 5.74) is 3.17. The van der Waals surface area contributed by atoms with Crippen LogP contribution in [0.5, 0.6) is 0 Å². The van der Waals surface area contributed by atoms with E-state index in [1.54, 1.807) is 45.1 Å². The van der Waals surface area contributed by atoms with Crippen molar-refractivity contribution in [3.05, 3.63) is 70.5 Å². The summed E-state index contributed by atoms with van der Waals surface area (Å²) in [7, 11) is 5.15. The molecular weight excluding hydrogens is 470 g/mol. The minimum atomic E-state index is -0.212. The lowest BCUT2D eigenvalue weighted by Gasteiger charge is -2.19. The molecule has 0 heterocycles. The maximum Gasteiger partial charge on any atom is 0.253 e. The van der Waals surface area contributed by atoms with Gasteiger partial charge >= 0.3 is 0 Å². The Kier molecular flexibility index (Phi) is 9.37. The maximum atomic E-state index is 13.8. The van der Waals surface area contributed by atoms with E-state index in [0.717, 1.165) is 11.1 Å². The van der Waals surface area contributed by atoms with E-state index in [-0.39, 0.29) is 41.7 Å². The van der Waals surface area contributed by atoms with Crippen LogP contribution >= 0.6 is 24.0 Å². The number of carbonyl (C=O) groups excluding carboxylic acids is 1. The molecule has 0 saturated carbocycles. The highest BCUT2D eigenvalue weighted by molar-refractivity contribution is 14.0.